The lowest BCUT2D eigenvalue weighted by atomic mass is 10.1. The zero-order chi connectivity index (χ0) is 17.9. The molecule has 0 saturated carbocycles. The molecule has 0 radical (unpaired) electrons. The zero-order valence-electron chi connectivity index (χ0n) is 15.6. The minimum Gasteiger partial charge on any atom is -0.378 e. The van der Waals surface area contributed by atoms with Crippen molar-refractivity contribution in [1.29, 1.82) is 0 Å². The quantitative estimate of drug-likeness (QED) is 0.668. The first-order chi connectivity index (χ1) is 12.7. The number of hydrogen-bond donors (Lipinski definition) is 2. The third kappa shape index (κ3) is 3.34. The lowest BCUT2D eigenvalue weighted by Crippen LogP contribution is -2.38. The second-order valence-corrected chi connectivity index (χ2v) is 6.90. The number of hydrogen-bond acceptors (Lipinski definition) is 4. The molecule has 1 aliphatic heterocycles. The maximum atomic E-state index is 5.49. The van der Waals surface area contributed by atoms with Crippen LogP contribution in [0.4, 0.5) is 5.82 Å². The van der Waals surface area contributed by atoms with Crippen LogP contribution in [0.5, 0.6) is 0 Å². The summed E-state index contributed by atoms with van der Waals surface area (Å²) in [5.41, 5.74) is 4.98. The minimum absolute atomic E-state index is 0.789. The highest BCUT2D eigenvalue weighted by molar-refractivity contribution is 5.83. The van der Waals surface area contributed by atoms with Gasteiger partial charge in [0, 0.05) is 49.3 Å². The van der Waals surface area contributed by atoms with E-state index in [4.69, 9.17) is 4.74 Å². The Bertz CT molecular complexity index is 876. The van der Waals surface area contributed by atoms with Crippen molar-refractivity contribution >= 4 is 16.7 Å². The lowest BCUT2D eigenvalue weighted by Gasteiger charge is -2.29. The van der Waals surface area contributed by atoms with Gasteiger partial charge in [-0.1, -0.05) is 18.2 Å². The molecule has 2 aromatic heterocycles. The zero-order valence-corrected chi connectivity index (χ0v) is 15.6. The molecule has 0 bridgehead atoms. The number of ether oxygens (including phenoxy) is 1. The molecule has 0 atom stereocenters. The Morgan fingerprint density at radius 1 is 1.23 bits per heavy atom. The number of para-hydroxylation sites is 1. The van der Waals surface area contributed by atoms with Crippen LogP contribution in [0.25, 0.3) is 10.9 Å². The summed E-state index contributed by atoms with van der Waals surface area (Å²) in [5.74, 6) is 1.23. The molecule has 2 N–H and O–H groups in total. The van der Waals surface area contributed by atoms with Gasteiger partial charge in [0.15, 0.2) is 0 Å². The van der Waals surface area contributed by atoms with Gasteiger partial charge in [0.2, 0.25) is 0 Å². The van der Waals surface area contributed by atoms with Gasteiger partial charge >= 0.3 is 0 Å². The van der Waals surface area contributed by atoms with Crippen molar-refractivity contribution in [2.45, 2.75) is 19.9 Å². The molecular weight excluding hydrogens is 326 g/mol. The van der Waals surface area contributed by atoms with E-state index in [0.717, 1.165) is 51.5 Å². The molecule has 6 nitrogen and oxygen atoms in total. The monoisotopic (exact) mass is 353 g/mol. The molecule has 0 aliphatic carbocycles. The van der Waals surface area contributed by atoms with Crippen molar-refractivity contribution in [1.82, 2.24) is 20.1 Å². The number of rotatable bonds is 6. The normalized spacial score (nSPS) is 15.1. The number of aromatic nitrogens is 3. The van der Waals surface area contributed by atoms with E-state index in [9.17, 15) is 0 Å². The van der Waals surface area contributed by atoms with Gasteiger partial charge in [0.05, 0.1) is 18.9 Å². The molecule has 26 heavy (non-hydrogen) atoms. The predicted octanol–water partition coefficient (Wildman–Crippen LogP) is 2.38. The van der Waals surface area contributed by atoms with Crippen LogP contribution in [-0.4, -0.2) is 47.6 Å². The van der Waals surface area contributed by atoms with Crippen LogP contribution in [0.1, 0.15) is 16.8 Å². The van der Waals surface area contributed by atoms with Gasteiger partial charge in [-0.25, -0.2) is 0 Å². The van der Waals surface area contributed by atoms with Gasteiger partial charge < -0.3 is 19.9 Å². The van der Waals surface area contributed by atoms with Gasteiger partial charge in [0.25, 0.3) is 0 Å². The van der Waals surface area contributed by atoms with Crippen LogP contribution in [0.2, 0.25) is 0 Å². The predicted molar refractivity (Wildman–Crippen MR) is 105 cm³/mol. The van der Waals surface area contributed by atoms with Crippen LogP contribution in [0, 0.1) is 6.92 Å². The Balaban J connectivity index is 1.40. The molecule has 3 heterocycles. The van der Waals surface area contributed by atoms with Crippen molar-refractivity contribution in [2.24, 2.45) is 7.05 Å². The number of nitrogens with one attached hydrogen (secondary N) is 2. The number of morpholine rings is 1. The Morgan fingerprint density at radius 2 is 2.04 bits per heavy atom. The van der Waals surface area contributed by atoms with Crippen molar-refractivity contribution in [3.63, 3.8) is 0 Å². The first-order valence-electron chi connectivity index (χ1n) is 9.35. The summed E-state index contributed by atoms with van der Waals surface area (Å²) in [6, 6.07) is 8.47. The fourth-order valence-corrected chi connectivity index (χ4v) is 3.84. The molecule has 1 aliphatic rings. The summed E-state index contributed by atoms with van der Waals surface area (Å²) in [6.07, 6.45) is 3.14. The Morgan fingerprint density at radius 3 is 2.88 bits per heavy atom. The number of benzene rings is 1. The van der Waals surface area contributed by atoms with Crippen molar-refractivity contribution in [2.75, 3.05) is 37.7 Å². The SMILES string of the molecule is Cc1nn(C)c(N2CCOCC2)c1CNCCc1c[nH]c2ccccc12. The van der Waals surface area contributed by atoms with E-state index in [0.29, 0.717) is 0 Å². The largest absolute Gasteiger partial charge is 0.378 e. The van der Waals surface area contributed by atoms with Crippen LogP contribution in [0.3, 0.4) is 0 Å². The number of aryl methyl sites for hydroxylation is 2. The molecular formula is C20H27N5O. The average molecular weight is 353 g/mol. The number of nitrogens with zero attached hydrogens (tertiary/aromatic N) is 3. The van der Waals surface area contributed by atoms with E-state index in [1.807, 2.05) is 11.7 Å². The first-order valence-corrected chi connectivity index (χ1v) is 9.35. The van der Waals surface area contributed by atoms with E-state index in [1.54, 1.807) is 0 Å². The van der Waals surface area contributed by atoms with Gasteiger partial charge in [-0.15, -0.1) is 0 Å². The topological polar surface area (TPSA) is 58.1 Å². The van der Waals surface area contributed by atoms with Crippen molar-refractivity contribution in [3.05, 3.63) is 47.3 Å². The summed E-state index contributed by atoms with van der Waals surface area (Å²) in [7, 11) is 2.03. The highest BCUT2D eigenvalue weighted by atomic mass is 16.5. The Kier molecular flexibility index (Phi) is 4.95. The standard InChI is InChI=1S/C20H27N5O/c1-15-18(20(24(2)23-15)25-9-11-26-12-10-25)14-21-8-7-16-13-22-19-6-4-3-5-17(16)19/h3-6,13,21-22H,7-12,14H2,1-2H3. The van der Waals surface area contributed by atoms with Gasteiger partial charge in [0.1, 0.15) is 5.82 Å². The van der Waals surface area contributed by atoms with Gasteiger partial charge in [-0.05, 0) is 31.5 Å². The fraction of sp³-hybridized carbons (Fsp3) is 0.450. The number of aromatic amines is 1. The molecule has 6 heteroatoms. The van der Waals surface area contributed by atoms with Crippen LogP contribution >= 0.6 is 0 Å². The van der Waals surface area contributed by atoms with E-state index in [1.165, 1.54) is 27.8 Å². The molecule has 0 amide bonds. The van der Waals surface area contributed by atoms with Crippen LogP contribution < -0.4 is 10.2 Å². The second kappa shape index (κ2) is 7.51. The molecule has 1 aromatic carbocycles. The van der Waals surface area contributed by atoms with E-state index >= 15 is 0 Å². The number of H-pyrrole nitrogens is 1. The number of fused-ring (bicyclic) bond motifs is 1. The average Bonchev–Trinajstić information content (AvgIpc) is 3.20. The lowest BCUT2D eigenvalue weighted by molar-refractivity contribution is 0.122. The van der Waals surface area contributed by atoms with E-state index < -0.39 is 0 Å². The van der Waals surface area contributed by atoms with Gasteiger partial charge in [-0.2, -0.15) is 5.10 Å². The number of anilines is 1. The molecule has 1 saturated heterocycles. The van der Waals surface area contributed by atoms with Crippen molar-refractivity contribution in [3.8, 4) is 0 Å². The molecule has 3 aromatic rings. The van der Waals surface area contributed by atoms with Crippen LogP contribution in [0.15, 0.2) is 30.5 Å². The summed E-state index contributed by atoms with van der Waals surface area (Å²) < 4.78 is 7.50. The van der Waals surface area contributed by atoms with E-state index in [-0.39, 0.29) is 0 Å². The van der Waals surface area contributed by atoms with Gasteiger partial charge in [-0.3, -0.25) is 4.68 Å². The highest BCUT2D eigenvalue weighted by Crippen LogP contribution is 2.24. The summed E-state index contributed by atoms with van der Waals surface area (Å²) >= 11 is 0. The maximum Gasteiger partial charge on any atom is 0.131 e. The third-order valence-corrected chi connectivity index (χ3v) is 5.17. The minimum atomic E-state index is 0.789. The first kappa shape index (κ1) is 17.1. The second-order valence-electron chi connectivity index (χ2n) is 6.90. The van der Waals surface area contributed by atoms with E-state index in [2.05, 4.69) is 57.7 Å². The summed E-state index contributed by atoms with van der Waals surface area (Å²) in [6.45, 7) is 7.33. The van der Waals surface area contributed by atoms with Crippen molar-refractivity contribution < 1.29 is 4.74 Å². The maximum absolute atomic E-state index is 5.49. The molecule has 138 valence electrons. The highest BCUT2D eigenvalue weighted by Gasteiger charge is 2.21. The Labute approximate surface area is 154 Å². The third-order valence-electron chi connectivity index (χ3n) is 5.17. The summed E-state index contributed by atoms with van der Waals surface area (Å²) in [5, 5.41) is 9.58. The molecule has 1 fully saturated rings. The molecule has 4 rings (SSSR count). The van der Waals surface area contributed by atoms with Crippen LogP contribution in [-0.2, 0) is 24.8 Å². The molecule has 0 spiro atoms. The summed E-state index contributed by atoms with van der Waals surface area (Å²) in [4.78, 5) is 5.74. The Hall–Kier alpha value is -2.31. The fourth-order valence-electron chi connectivity index (χ4n) is 3.84. The smallest absolute Gasteiger partial charge is 0.131 e. The molecule has 0 unspecified atom stereocenters.